The molecule has 1 nitrogen and oxygen atoms in total. The minimum atomic E-state index is -0.154. The molecule has 2 aromatic rings. The van der Waals surface area contributed by atoms with Gasteiger partial charge >= 0.3 is 0 Å². The zero-order chi connectivity index (χ0) is 24.8. The van der Waals surface area contributed by atoms with Gasteiger partial charge in [0.1, 0.15) is 0 Å². The Morgan fingerprint density at radius 1 is 0.576 bits per heavy atom. The summed E-state index contributed by atoms with van der Waals surface area (Å²) in [6.45, 7) is 28.7. The van der Waals surface area contributed by atoms with Crippen molar-refractivity contribution in [3.05, 3.63) is 66.0 Å². The van der Waals surface area contributed by atoms with Crippen molar-refractivity contribution in [2.24, 2.45) is 0 Å². The van der Waals surface area contributed by atoms with Crippen molar-refractivity contribution in [3.8, 4) is 0 Å². The predicted molar refractivity (Wildman–Crippen MR) is 150 cm³/mol. The van der Waals surface area contributed by atoms with E-state index in [0.717, 1.165) is 12.3 Å². The molecular formula is C29H48IrNP2-. The summed E-state index contributed by atoms with van der Waals surface area (Å²) in [6, 6.07) is 19.2. The fraction of sp³-hybridized carbons (Fsp3) is 0.621. The number of hydrogen-bond donors (Lipinski definition) is 0. The number of pyridine rings is 1. The Balaban J connectivity index is 0.00000126. The van der Waals surface area contributed by atoms with E-state index in [4.69, 9.17) is 4.98 Å². The van der Waals surface area contributed by atoms with E-state index in [1.54, 1.807) is 0 Å². The molecular weight excluding hydrogens is 616 g/mol. The summed E-state index contributed by atoms with van der Waals surface area (Å²) in [6.07, 6.45) is 2.25. The van der Waals surface area contributed by atoms with Gasteiger partial charge in [0.2, 0.25) is 0 Å². The van der Waals surface area contributed by atoms with Gasteiger partial charge < -0.3 is 0 Å². The molecule has 0 aliphatic carbocycles. The number of nitrogens with zero attached hydrogens (tertiary/aromatic N) is 1. The average Bonchev–Trinajstić information content (AvgIpc) is 2.63. The normalized spacial score (nSPS) is 12.8. The second-order valence-corrected chi connectivity index (χ2v) is 20.3. The molecule has 0 saturated carbocycles. The molecule has 1 radical (unpaired) electrons. The van der Waals surface area contributed by atoms with Gasteiger partial charge in [-0.2, -0.15) is 36.4 Å². The van der Waals surface area contributed by atoms with Crippen LogP contribution in [-0.4, -0.2) is 25.6 Å². The fourth-order valence-electron chi connectivity index (χ4n) is 4.33. The fourth-order valence-corrected chi connectivity index (χ4v) is 11.3. The second-order valence-electron chi connectivity index (χ2n) is 12.6. The van der Waals surface area contributed by atoms with E-state index in [-0.39, 0.29) is 35.9 Å². The number of aromatic nitrogens is 1. The van der Waals surface area contributed by atoms with Crippen LogP contribution in [0.15, 0.2) is 48.5 Å². The molecule has 0 amide bonds. The summed E-state index contributed by atoms with van der Waals surface area (Å²) in [5.74, 6) is 0. The first-order chi connectivity index (χ1) is 14.4. The molecule has 0 atom stereocenters. The third-order valence-corrected chi connectivity index (χ3v) is 13.1. The van der Waals surface area contributed by atoms with E-state index in [9.17, 15) is 0 Å². The van der Waals surface area contributed by atoms with E-state index in [2.05, 4.69) is 107 Å². The van der Waals surface area contributed by atoms with Crippen LogP contribution in [0.2, 0.25) is 0 Å². The largest absolute Gasteiger partial charge is 0.257 e. The smallest absolute Gasteiger partial charge is 0.0450 e. The summed E-state index contributed by atoms with van der Waals surface area (Å²) in [7, 11) is -0.308. The minimum absolute atomic E-state index is 0. The van der Waals surface area contributed by atoms with E-state index < -0.39 is 0 Å². The third-order valence-electron chi connectivity index (χ3n) is 5.35. The van der Waals surface area contributed by atoms with Gasteiger partial charge in [-0.25, -0.2) is 0 Å². The van der Waals surface area contributed by atoms with Gasteiger partial charge in [0.15, 0.2) is 0 Å². The molecule has 0 unspecified atom stereocenters. The first kappa shape index (κ1) is 32.9. The van der Waals surface area contributed by atoms with Crippen LogP contribution in [0.1, 0.15) is 94.5 Å². The van der Waals surface area contributed by atoms with Gasteiger partial charge in [-0.1, -0.05) is 105 Å². The topological polar surface area (TPSA) is 12.9 Å². The van der Waals surface area contributed by atoms with Gasteiger partial charge in [0, 0.05) is 43.8 Å². The molecule has 189 valence electrons. The van der Waals surface area contributed by atoms with Crippen LogP contribution < -0.4 is 0 Å². The molecule has 2 rings (SSSR count). The summed E-state index contributed by atoms with van der Waals surface area (Å²) in [5, 5.41) is 1.37. The van der Waals surface area contributed by atoms with Crippen molar-refractivity contribution < 1.29 is 20.1 Å². The minimum Gasteiger partial charge on any atom is -0.257 e. The zero-order valence-corrected chi connectivity index (χ0v) is 27.4. The quantitative estimate of drug-likeness (QED) is 0.234. The average molecular weight is 665 g/mol. The Bertz CT molecular complexity index is 689. The summed E-state index contributed by atoms with van der Waals surface area (Å²) in [5.41, 5.74) is 2.58. The maximum atomic E-state index is 5.14. The van der Waals surface area contributed by atoms with E-state index in [1.165, 1.54) is 11.4 Å². The van der Waals surface area contributed by atoms with Crippen LogP contribution in [0, 0.1) is 6.07 Å². The molecule has 0 spiro atoms. The van der Waals surface area contributed by atoms with E-state index >= 15 is 0 Å². The molecule has 0 N–H and O–H groups in total. The summed E-state index contributed by atoms with van der Waals surface area (Å²) < 4.78 is 0. The van der Waals surface area contributed by atoms with E-state index in [1.807, 2.05) is 30.3 Å². The molecule has 0 saturated heterocycles. The van der Waals surface area contributed by atoms with Crippen molar-refractivity contribution in [1.82, 2.24) is 4.98 Å². The molecule has 0 fully saturated rings. The van der Waals surface area contributed by atoms with Crippen LogP contribution in [0.3, 0.4) is 0 Å². The molecule has 33 heavy (non-hydrogen) atoms. The van der Waals surface area contributed by atoms with Gasteiger partial charge in [0.05, 0.1) is 0 Å². The van der Waals surface area contributed by atoms with Gasteiger partial charge in [-0.05, 0) is 32.8 Å². The van der Waals surface area contributed by atoms with Crippen molar-refractivity contribution in [1.29, 1.82) is 0 Å². The Morgan fingerprint density at radius 2 is 0.909 bits per heavy atom. The van der Waals surface area contributed by atoms with Crippen LogP contribution >= 0.6 is 15.8 Å². The first-order valence-electron chi connectivity index (χ1n) is 11.8. The number of hydrogen-bond acceptors (Lipinski definition) is 1. The van der Waals surface area contributed by atoms with Crippen LogP contribution in [0.5, 0.6) is 0 Å². The Morgan fingerprint density at radius 3 is 1.12 bits per heavy atom. The Hall–Kier alpha value is -0.121. The monoisotopic (exact) mass is 665 g/mol. The predicted octanol–water partition coefficient (Wildman–Crippen LogP) is 9.72. The Kier molecular flexibility index (Phi) is 13.2. The van der Waals surface area contributed by atoms with Crippen LogP contribution in [0.4, 0.5) is 0 Å². The van der Waals surface area contributed by atoms with Gasteiger partial charge in [0.25, 0.3) is 0 Å². The maximum absolute atomic E-state index is 5.14. The van der Waals surface area contributed by atoms with Gasteiger partial charge in [-0.15, -0.1) is 0 Å². The maximum Gasteiger partial charge on any atom is 0.0450 e. The Labute approximate surface area is 222 Å². The molecule has 1 aromatic heterocycles. The van der Waals surface area contributed by atoms with E-state index in [0.29, 0.717) is 20.6 Å². The van der Waals surface area contributed by atoms with Crippen molar-refractivity contribution >= 4 is 15.8 Å². The van der Waals surface area contributed by atoms with Gasteiger partial charge in [-0.3, -0.25) is 4.98 Å². The molecule has 1 aromatic carbocycles. The SMILES string of the molecule is CC(C)(C)P(Cc1cccc(CP(C(C)(C)C)C(C)(C)C)n1)C(C)(C)C.[Ir].[c-]1ccccc1. The molecule has 0 bridgehead atoms. The second kappa shape index (κ2) is 13.3. The number of benzene rings is 1. The molecule has 0 aliphatic rings. The van der Waals surface area contributed by atoms with Crippen molar-refractivity contribution in [2.45, 2.75) is 116 Å². The third kappa shape index (κ3) is 12.4. The molecule has 1 heterocycles. The first-order valence-corrected chi connectivity index (χ1v) is 14.9. The summed E-state index contributed by atoms with van der Waals surface area (Å²) in [4.78, 5) is 5.14. The number of rotatable bonds is 4. The van der Waals surface area contributed by atoms with Crippen LogP contribution in [-0.2, 0) is 32.4 Å². The molecule has 0 aliphatic heterocycles. The molecule has 4 heteroatoms. The zero-order valence-electron chi connectivity index (χ0n) is 23.2. The van der Waals surface area contributed by atoms with Crippen molar-refractivity contribution in [2.75, 3.05) is 0 Å². The van der Waals surface area contributed by atoms with Crippen LogP contribution in [0.25, 0.3) is 0 Å². The standard InChI is InChI=1S/C23H43NP2.C6H5.Ir/c1-20(2,3)25(21(4,5)6)16-18-14-13-15-19(24-18)17-26(22(7,8)9)23(10,11)12;1-2-4-6-5-3-1;/h13-15H,16-17H2,1-12H3;1-5H;/q;-1;. The van der Waals surface area contributed by atoms with Crippen molar-refractivity contribution in [3.63, 3.8) is 0 Å². The summed E-state index contributed by atoms with van der Waals surface area (Å²) >= 11 is 0.